The Bertz CT molecular complexity index is 1450. The predicted molar refractivity (Wildman–Crippen MR) is 179 cm³/mol. The number of amides is 4. The highest BCUT2D eigenvalue weighted by Gasteiger charge is 2.36. The minimum Gasteiger partial charge on any atom is -0.494 e. The first-order valence-electron chi connectivity index (χ1n) is 16.2. The van der Waals surface area contributed by atoms with Crippen molar-refractivity contribution in [1.29, 1.82) is 0 Å². The normalized spacial score (nSPS) is 18.2. The maximum atomic E-state index is 12.9. The maximum absolute atomic E-state index is 12.9. The highest BCUT2D eigenvalue weighted by molar-refractivity contribution is 5.96. The minimum absolute atomic E-state index is 0.290. The third-order valence-corrected chi connectivity index (χ3v) is 8.14. The number of carbonyl (C=O) groups is 4. The molecule has 2 unspecified atom stereocenters. The van der Waals surface area contributed by atoms with Crippen molar-refractivity contribution >= 4 is 24.0 Å². The molecule has 0 spiro atoms. The van der Waals surface area contributed by atoms with Gasteiger partial charge in [0.05, 0.1) is 48.7 Å². The van der Waals surface area contributed by atoms with Crippen molar-refractivity contribution in [2.45, 2.75) is 78.7 Å². The fourth-order valence-electron chi connectivity index (χ4n) is 5.35. The second-order valence-electron chi connectivity index (χ2n) is 12.3. The Labute approximate surface area is 282 Å². The second kappa shape index (κ2) is 15.7. The van der Waals surface area contributed by atoms with Crippen LogP contribution < -0.4 is 20.1 Å². The number of allylic oxidation sites excluding steroid dienone is 2. The zero-order valence-electron chi connectivity index (χ0n) is 28.9. The van der Waals surface area contributed by atoms with Crippen LogP contribution in [0.4, 0.5) is 9.59 Å². The first kappa shape index (κ1) is 35.8. The first-order chi connectivity index (χ1) is 22.8. The molecule has 2 heterocycles. The van der Waals surface area contributed by atoms with Crippen molar-refractivity contribution in [3.05, 3.63) is 82.2 Å². The molecule has 0 radical (unpaired) electrons. The number of hydrogen-bond donors (Lipinski definition) is 2. The van der Waals surface area contributed by atoms with Crippen molar-refractivity contribution in [3.63, 3.8) is 0 Å². The van der Waals surface area contributed by atoms with E-state index in [1.807, 2.05) is 48.5 Å². The van der Waals surface area contributed by atoms with Crippen molar-refractivity contribution < 1.29 is 38.1 Å². The Morgan fingerprint density at radius 3 is 1.29 bits per heavy atom. The van der Waals surface area contributed by atoms with Crippen LogP contribution >= 0.6 is 0 Å². The molecule has 258 valence electrons. The third-order valence-electron chi connectivity index (χ3n) is 8.14. The molecule has 2 aliphatic heterocycles. The van der Waals surface area contributed by atoms with Gasteiger partial charge in [0.2, 0.25) is 0 Å². The van der Waals surface area contributed by atoms with Gasteiger partial charge in [0.25, 0.3) is 0 Å². The molecule has 0 fully saturated rings. The Morgan fingerprint density at radius 1 is 0.646 bits per heavy atom. The summed E-state index contributed by atoms with van der Waals surface area (Å²) in [6.07, 6.45) is 0.929. The van der Waals surface area contributed by atoms with Gasteiger partial charge in [-0.15, -0.1) is 0 Å². The number of hydrogen-bond acceptors (Lipinski definition) is 8. The van der Waals surface area contributed by atoms with Gasteiger partial charge in [0.15, 0.2) is 0 Å². The number of esters is 2. The molecule has 0 aliphatic carbocycles. The largest absolute Gasteiger partial charge is 0.494 e. The summed E-state index contributed by atoms with van der Waals surface area (Å²) in [6, 6.07) is 12.7. The van der Waals surface area contributed by atoms with E-state index in [4.69, 9.17) is 18.9 Å². The van der Waals surface area contributed by atoms with E-state index in [0.29, 0.717) is 47.3 Å². The maximum Gasteiger partial charge on any atom is 0.338 e. The third kappa shape index (κ3) is 8.47. The van der Waals surface area contributed by atoms with E-state index in [2.05, 4.69) is 10.6 Å². The molecule has 2 aromatic carbocycles. The highest BCUT2D eigenvalue weighted by atomic mass is 16.5. The van der Waals surface area contributed by atoms with Gasteiger partial charge in [-0.3, -0.25) is 0 Å². The van der Waals surface area contributed by atoms with E-state index in [-0.39, 0.29) is 24.3 Å². The number of urea groups is 2. The molecule has 2 N–H and O–H groups in total. The van der Waals surface area contributed by atoms with Gasteiger partial charge in [-0.1, -0.05) is 24.3 Å². The molecule has 4 amide bonds. The zero-order chi connectivity index (χ0) is 35.1. The van der Waals surface area contributed by atoms with Gasteiger partial charge in [-0.2, -0.15) is 0 Å². The lowest BCUT2D eigenvalue weighted by Gasteiger charge is -2.33. The summed E-state index contributed by atoms with van der Waals surface area (Å²) in [4.78, 5) is 53.6. The Balaban J connectivity index is 1.27. The van der Waals surface area contributed by atoms with E-state index >= 15 is 0 Å². The molecule has 0 saturated heterocycles. The van der Waals surface area contributed by atoms with Crippen LogP contribution in [0.1, 0.15) is 77.6 Å². The lowest BCUT2D eigenvalue weighted by atomic mass is 9.95. The molecule has 12 heteroatoms. The molecule has 12 nitrogen and oxygen atoms in total. The van der Waals surface area contributed by atoms with Crippen LogP contribution in [0.3, 0.4) is 0 Å². The molecule has 2 aliphatic rings. The van der Waals surface area contributed by atoms with E-state index in [1.54, 1.807) is 55.6 Å². The average molecular weight is 663 g/mol. The summed E-state index contributed by atoms with van der Waals surface area (Å²) >= 11 is 0. The number of nitrogens with one attached hydrogen (secondary N) is 2. The summed E-state index contributed by atoms with van der Waals surface area (Å²) in [5.74, 6) is 0.411. The summed E-state index contributed by atoms with van der Waals surface area (Å²) < 4.78 is 22.7. The van der Waals surface area contributed by atoms with Gasteiger partial charge in [0.1, 0.15) is 11.5 Å². The molecular formula is C36H46N4O8. The standard InChI is InChI=1S/C36H46N4O8/c1-21(2)47-33(41)29-23(5)39(7)35(43)37-31(29)25-11-15-27(16-12-25)45-19-9-10-20-46-28-17-13-26(14-18-28)32-30(34(42)48-22(3)4)24(6)40(8)36(44)38-32/h11-18,21-22,31-32H,9-10,19-20H2,1-8H3,(H,37,43)(H,38,44). The van der Waals surface area contributed by atoms with E-state index in [0.717, 1.165) is 24.0 Å². The monoisotopic (exact) mass is 662 g/mol. The SMILES string of the molecule is CC1=C(C(=O)OC(C)C)C(c2ccc(OCCCCOc3ccc(C4NC(=O)N(C)C(C)=C4C(=O)OC(C)C)cc3)cc2)NC(=O)N1C. The van der Waals surface area contributed by atoms with Crippen LogP contribution in [-0.4, -0.2) is 73.3 Å². The molecule has 2 atom stereocenters. The van der Waals surface area contributed by atoms with Gasteiger partial charge >= 0.3 is 24.0 Å². The smallest absolute Gasteiger partial charge is 0.338 e. The molecular weight excluding hydrogens is 616 g/mol. The van der Waals surface area contributed by atoms with Gasteiger partial charge in [-0.05, 0) is 89.8 Å². The fraction of sp³-hybridized carbons (Fsp3) is 0.444. The summed E-state index contributed by atoms with van der Waals surface area (Å²) in [5, 5.41) is 5.78. The fourth-order valence-corrected chi connectivity index (χ4v) is 5.35. The summed E-state index contributed by atoms with van der Waals surface area (Å²) in [6.45, 7) is 11.6. The number of carbonyl (C=O) groups excluding carboxylic acids is 4. The van der Waals surface area contributed by atoms with Crippen molar-refractivity contribution in [2.75, 3.05) is 27.3 Å². The van der Waals surface area contributed by atoms with E-state index < -0.39 is 24.0 Å². The molecule has 2 aromatic rings. The lowest BCUT2D eigenvalue weighted by molar-refractivity contribution is -0.144. The summed E-state index contributed by atoms with van der Waals surface area (Å²) in [5.41, 5.74) is 3.37. The highest BCUT2D eigenvalue weighted by Crippen LogP contribution is 2.33. The van der Waals surface area contributed by atoms with Crippen LogP contribution in [0.5, 0.6) is 11.5 Å². The van der Waals surface area contributed by atoms with Crippen molar-refractivity contribution in [2.24, 2.45) is 0 Å². The number of unbranched alkanes of at least 4 members (excludes halogenated alkanes) is 1. The Kier molecular flexibility index (Phi) is 11.7. The predicted octanol–water partition coefficient (Wildman–Crippen LogP) is 5.77. The van der Waals surface area contributed by atoms with Gasteiger partial charge < -0.3 is 39.4 Å². The second-order valence-corrected chi connectivity index (χ2v) is 12.3. The minimum atomic E-state index is -0.632. The number of benzene rings is 2. The Hall–Kier alpha value is -5.00. The first-order valence-corrected chi connectivity index (χ1v) is 16.2. The Morgan fingerprint density at radius 2 is 0.979 bits per heavy atom. The lowest BCUT2D eigenvalue weighted by Crippen LogP contribution is -2.46. The topological polar surface area (TPSA) is 136 Å². The molecule has 48 heavy (non-hydrogen) atoms. The zero-order valence-corrected chi connectivity index (χ0v) is 28.9. The number of nitrogens with zero attached hydrogens (tertiary/aromatic N) is 2. The number of ether oxygens (including phenoxy) is 4. The van der Waals surface area contributed by atoms with Crippen LogP contribution in [0.15, 0.2) is 71.1 Å². The van der Waals surface area contributed by atoms with Crippen LogP contribution in [-0.2, 0) is 19.1 Å². The van der Waals surface area contributed by atoms with Gasteiger partial charge in [-0.25, -0.2) is 19.2 Å². The van der Waals surface area contributed by atoms with E-state index in [9.17, 15) is 19.2 Å². The van der Waals surface area contributed by atoms with Crippen LogP contribution in [0.2, 0.25) is 0 Å². The quantitative estimate of drug-likeness (QED) is 0.204. The summed E-state index contributed by atoms with van der Waals surface area (Å²) in [7, 11) is 3.23. The average Bonchev–Trinajstić information content (AvgIpc) is 3.03. The van der Waals surface area contributed by atoms with Crippen molar-refractivity contribution in [1.82, 2.24) is 20.4 Å². The van der Waals surface area contributed by atoms with E-state index in [1.165, 1.54) is 9.80 Å². The molecule has 4 rings (SSSR count). The number of rotatable bonds is 13. The van der Waals surface area contributed by atoms with Crippen LogP contribution in [0.25, 0.3) is 0 Å². The van der Waals surface area contributed by atoms with Gasteiger partial charge in [0, 0.05) is 25.5 Å². The van der Waals surface area contributed by atoms with Crippen LogP contribution in [0, 0.1) is 0 Å². The van der Waals surface area contributed by atoms with Crippen molar-refractivity contribution in [3.8, 4) is 11.5 Å². The molecule has 0 aromatic heterocycles. The molecule has 0 saturated carbocycles. The molecule has 0 bridgehead atoms.